The Morgan fingerprint density at radius 1 is 1.38 bits per heavy atom. The molecule has 0 saturated carbocycles. The minimum Gasteiger partial charge on any atom is -0.301 e. The number of hydrogen-bond donors (Lipinski definition) is 0. The van der Waals surface area contributed by atoms with Crippen LogP contribution >= 0.6 is 0 Å². The highest BCUT2D eigenvalue weighted by Gasteiger charge is 2.20. The molecule has 0 unspecified atom stereocenters. The summed E-state index contributed by atoms with van der Waals surface area (Å²) >= 11 is 0. The molecule has 0 saturated heterocycles. The standard InChI is InChI=1S/C12H17N/c1-3-10-8-13(2)9-11-6-4-5-7-12(10)11/h4-7,10H,3,8-9H2,1-2H3/t10-/m1/s1. The fourth-order valence-corrected chi connectivity index (χ4v) is 2.26. The highest BCUT2D eigenvalue weighted by atomic mass is 15.1. The highest BCUT2D eigenvalue weighted by molar-refractivity contribution is 5.32. The summed E-state index contributed by atoms with van der Waals surface area (Å²) in [5, 5.41) is 0. The molecular formula is C12H17N. The van der Waals surface area contributed by atoms with Crippen LogP contribution in [0.1, 0.15) is 30.4 Å². The lowest BCUT2D eigenvalue weighted by Crippen LogP contribution is -2.29. The molecule has 1 aliphatic rings. The molecule has 0 amide bonds. The van der Waals surface area contributed by atoms with Crippen LogP contribution in [0.2, 0.25) is 0 Å². The maximum absolute atomic E-state index is 2.41. The summed E-state index contributed by atoms with van der Waals surface area (Å²) < 4.78 is 0. The Hall–Kier alpha value is -0.820. The molecule has 1 aromatic carbocycles. The van der Waals surface area contributed by atoms with Crippen LogP contribution in [-0.2, 0) is 6.54 Å². The summed E-state index contributed by atoms with van der Waals surface area (Å²) in [4.78, 5) is 2.41. The van der Waals surface area contributed by atoms with Gasteiger partial charge in [-0.2, -0.15) is 0 Å². The second-order valence-corrected chi connectivity index (χ2v) is 4.00. The van der Waals surface area contributed by atoms with E-state index in [9.17, 15) is 0 Å². The fourth-order valence-electron chi connectivity index (χ4n) is 2.26. The first-order valence-corrected chi connectivity index (χ1v) is 5.07. The molecule has 1 atom stereocenters. The number of nitrogens with zero attached hydrogens (tertiary/aromatic N) is 1. The smallest absolute Gasteiger partial charge is 0.0233 e. The van der Waals surface area contributed by atoms with Crippen molar-refractivity contribution in [2.75, 3.05) is 13.6 Å². The molecule has 70 valence electrons. The first-order chi connectivity index (χ1) is 6.31. The summed E-state index contributed by atoms with van der Waals surface area (Å²) in [6.07, 6.45) is 1.25. The predicted octanol–water partition coefficient (Wildman–Crippen LogP) is 2.63. The van der Waals surface area contributed by atoms with E-state index in [0.717, 1.165) is 12.5 Å². The van der Waals surface area contributed by atoms with Crippen molar-refractivity contribution in [2.45, 2.75) is 25.8 Å². The Balaban J connectivity index is 2.37. The van der Waals surface area contributed by atoms with Crippen LogP contribution in [0.15, 0.2) is 24.3 Å². The van der Waals surface area contributed by atoms with Gasteiger partial charge >= 0.3 is 0 Å². The number of fused-ring (bicyclic) bond motifs is 1. The third kappa shape index (κ3) is 1.61. The number of likely N-dealkylation sites (N-methyl/N-ethyl adjacent to an activating group) is 1. The zero-order valence-corrected chi connectivity index (χ0v) is 8.46. The van der Waals surface area contributed by atoms with Gasteiger partial charge < -0.3 is 4.90 Å². The molecular weight excluding hydrogens is 158 g/mol. The predicted molar refractivity (Wildman–Crippen MR) is 55.8 cm³/mol. The third-order valence-corrected chi connectivity index (χ3v) is 2.96. The van der Waals surface area contributed by atoms with Crippen molar-refractivity contribution in [1.29, 1.82) is 0 Å². The van der Waals surface area contributed by atoms with E-state index in [1.165, 1.54) is 18.5 Å². The molecule has 0 fully saturated rings. The molecule has 1 heterocycles. The largest absolute Gasteiger partial charge is 0.301 e. The second kappa shape index (κ2) is 3.51. The Labute approximate surface area is 80.4 Å². The van der Waals surface area contributed by atoms with Crippen LogP contribution in [0.4, 0.5) is 0 Å². The number of rotatable bonds is 1. The average Bonchev–Trinajstić information content (AvgIpc) is 2.16. The maximum Gasteiger partial charge on any atom is 0.0233 e. The molecule has 1 aliphatic heterocycles. The number of hydrogen-bond acceptors (Lipinski definition) is 1. The zero-order valence-electron chi connectivity index (χ0n) is 8.46. The highest BCUT2D eigenvalue weighted by Crippen LogP contribution is 2.29. The molecule has 0 aliphatic carbocycles. The Kier molecular flexibility index (Phi) is 2.36. The van der Waals surface area contributed by atoms with E-state index in [1.54, 1.807) is 5.56 Å². The minimum absolute atomic E-state index is 0.745. The van der Waals surface area contributed by atoms with E-state index in [0.29, 0.717) is 0 Å². The van der Waals surface area contributed by atoms with Gasteiger partial charge in [0.25, 0.3) is 0 Å². The molecule has 1 nitrogen and oxygen atoms in total. The van der Waals surface area contributed by atoms with Crippen LogP contribution in [0, 0.1) is 0 Å². The van der Waals surface area contributed by atoms with Gasteiger partial charge in [0, 0.05) is 13.1 Å². The van der Waals surface area contributed by atoms with E-state index >= 15 is 0 Å². The van der Waals surface area contributed by atoms with E-state index < -0.39 is 0 Å². The van der Waals surface area contributed by atoms with Gasteiger partial charge in [-0.25, -0.2) is 0 Å². The van der Waals surface area contributed by atoms with Gasteiger partial charge in [0.1, 0.15) is 0 Å². The summed E-state index contributed by atoms with van der Waals surface area (Å²) in [5.74, 6) is 0.745. The van der Waals surface area contributed by atoms with Crippen molar-refractivity contribution in [2.24, 2.45) is 0 Å². The normalized spacial score (nSPS) is 22.8. The topological polar surface area (TPSA) is 3.24 Å². The van der Waals surface area contributed by atoms with E-state index in [4.69, 9.17) is 0 Å². The van der Waals surface area contributed by atoms with Crippen molar-refractivity contribution in [3.8, 4) is 0 Å². The first kappa shape index (κ1) is 8.76. The summed E-state index contributed by atoms with van der Waals surface area (Å²) in [5.41, 5.74) is 3.09. The zero-order chi connectivity index (χ0) is 9.26. The summed E-state index contributed by atoms with van der Waals surface area (Å²) in [6.45, 7) is 4.61. The summed E-state index contributed by atoms with van der Waals surface area (Å²) in [7, 11) is 2.21. The Bertz CT molecular complexity index is 293. The molecule has 0 bridgehead atoms. The fraction of sp³-hybridized carbons (Fsp3) is 0.500. The van der Waals surface area contributed by atoms with E-state index in [2.05, 4.69) is 43.1 Å². The SMILES string of the molecule is CC[C@@H]1CN(C)Cc2ccccc21. The van der Waals surface area contributed by atoms with Crippen LogP contribution in [0.25, 0.3) is 0 Å². The van der Waals surface area contributed by atoms with Crippen LogP contribution in [0.5, 0.6) is 0 Å². The molecule has 0 aromatic heterocycles. The first-order valence-electron chi connectivity index (χ1n) is 5.07. The quantitative estimate of drug-likeness (QED) is 0.634. The van der Waals surface area contributed by atoms with Gasteiger partial charge in [0.2, 0.25) is 0 Å². The molecule has 2 rings (SSSR count). The van der Waals surface area contributed by atoms with Gasteiger partial charge in [-0.15, -0.1) is 0 Å². The van der Waals surface area contributed by atoms with E-state index in [-0.39, 0.29) is 0 Å². The number of benzene rings is 1. The van der Waals surface area contributed by atoms with Gasteiger partial charge in [-0.1, -0.05) is 31.2 Å². The van der Waals surface area contributed by atoms with Crippen LogP contribution < -0.4 is 0 Å². The van der Waals surface area contributed by atoms with Crippen molar-refractivity contribution in [3.05, 3.63) is 35.4 Å². The van der Waals surface area contributed by atoms with Gasteiger partial charge in [0.15, 0.2) is 0 Å². The van der Waals surface area contributed by atoms with Crippen molar-refractivity contribution >= 4 is 0 Å². The molecule has 0 spiro atoms. The molecule has 1 heteroatoms. The molecule has 0 N–H and O–H groups in total. The van der Waals surface area contributed by atoms with Crippen molar-refractivity contribution in [1.82, 2.24) is 4.90 Å². The van der Waals surface area contributed by atoms with Crippen LogP contribution in [0.3, 0.4) is 0 Å². The Morgan fingerprint density at radius 3 is 2.92 bits per heavy atom. The van der Waals surface area contributed by atoms with Gasteiger partial charge in [-0.3, -0.25) is 0 Å². The summed E-state index contributed by atoms with van der Waals surface area (Å²) in [6, 6.07) is 8.85. The third-order valence-electron chi connectivity index (χ3n) is 2.96. The Morgan fingerprint density at radius 2 is 2.15 bits per heavy atom. The maximum atomic E-state index is 2.41. The lowest BCUT2D eigenvalue weighted by atomic mass is 9.88. The lowest BCUT2D eigenvalue weighted by molar-refractivity contribution is 0.277. The molecule has 13 heavy (non-hydrogen) atoms. The lowest BCUT2D eigenvalue weighted by Gasteiger charge is -2.31. The van der Waals surface area contributed by atoms with Crippen LogP contribution in [-0.4, -0.2) is 18.5 Å². The molecule has 0 radical (unpaired) electrons. The van der Waals surface area contributed by atoms with Crippen molar-refractivity contribution in [3.63, 3.8) is 0 Å². The monoisotopic (exact) mass is 175 g/mol. The average molecular weight is 175 g/mol. The second-order valence-electron chi connectivity index (χ2n) is 4.00. The minimum atomic E-state index is 0.745. The van der Waals surface area contributed by atoms with Gasteiger partial charge in [0.05, 0.1) is 0 Å². The van der Waals surface area contributed by atoms with E-state index in [1.807, 2.05) is 0 Å². The van der Waals surface area contributed by atoms with Gasteiger partial charge in [-0.05, 0) is 30.5 Å². The molecule has 1 aromatic rings. The van der Waals surface area contributed by atoms with Crippen molar-refractivity contribution < 1.29 is 0 Å².